The maximum absolute atomic E-state index is 13.0. The number of nitrogens with zero attached hydrogens (tertiary/aromatic N) is 4. The van der Waals surface area contributed by atoms with Crippen LogP contribution < -0.4 is 4.90 Å². The minimum atomic E-state index is -3.71. The van der Waals surface area contributed by atoms with Gasteiger partial charge in [-0.1, -0.05) is 29.3 Å². The van der Waals surface area contributed by atoms with E-state index in [0.717, 1.165) is 16.0 Å². The SMILES string of the molecule is Cc1sc2ncnc(N3CCN(S(=O)(=O)c4cccc(Cl)c4Cl)CC3)c2c1C. The summed E-state index contributed by atoms with van der Waals surface area (Å²) in [7, 11) is -3.71. The van der Waals surface area contributed by atoms with Crippen LogP contribution in [0.15, 0.2) is 29.4 Å². The zero-order valence-corrected chi connectivity index (χ0v) is 18.5. The van der Waals surface area contributed by atoms with Crippen molar-refractivity contribution in [1.82, 2.24) is 14.3 Å². The van der Waals surface area contributed by atoms with Gasteiger partial charge in [0.25, 0.3) is 0 Å². The molecule has 0 spiro atoms. The lowest BCUT2D eigenvalue weighted by Gasteiger charge is -2.35. The molecule has 0 radical (unpaired) electrons. The average molecular weight is 457 g/mol. The molecule has 1 aliphatic rings. The van der Waals surface area contributed by atoms with E-state index in [2.05, 4.69) is 28.7 Å². The maximum Gasteiger partial charge on any atom is 0.244 e. The third-order valence-corrected chi connectivity index (χ3v) is 9.00. The largest absolute Gasteiger partial charge is 0.353 e. The molecule has 1 fully saturated rings. The molecule has 0 N–H and O–H groups in total. The van der Waals surface area contributed by atoms with Gasteiger partial charge in [-0.05, 0) is 31.5 Å². The lowest BCUT2D eigenvalue weighted by molar-refractivity contribution is 0.384. The predicted molar refractivity (Wildman–Crippen MR) is 114 cm³/mol. The lowest BCUT2D eigenvalue weighted by atomic mass is 10.2. The van der Waals surface area contributed by atoms with Gasteiger partial charge in [-0.3, -0.25) is 0 Å². The highest BCUT2D eigenvalue weighted by Crippen LogP contribution is 2.35. The van der Waals surface area contributed by atoms with E-state index >= 15 is 0 Å². The number of rotatable bonds is 3. The Morgan fingerprint density at radius 2 is 1.79 bits per heavy atom. The Balaban J connectivity index is 1.60. The van der Waals surface area contributed by atoms with Crippen LogP contribution in [0.5, 0.6) is 0 Å². The number of sulfonamides is 1. The number of fused-ring (bicyclic) bond motifs is 1. The quantitative estimate of drug-likeness (QED) is 0.592. The molecule has 0 aliphatic carbocycles. The van der Waals surface area contributed by atoms with Crippen LogP contribution in [0.1, 0.15) is 10.4 Å². The van der Waals surface area contributed by atoms with Gasteiger partial charge in [0.2, 0.25) is 10.0 Å². The van der Waals surface area contributed by atoms with Gasteiger partial charge in [0.15, 0.2) is 0 Å². The van der Waals surface area contributed by atoms with Crippen molar-refractivity contribution in [3.63, 3.8) is 0 Å². The van der Waals surface area contributed by atoms with Crippen LogP contribution in [0.3, 0.4) is 0 Å². The van der Waals surface area contributed by atoms with E-state index in [1.807, 2.05) is 0 Å². The lowest BCUT2D eigenvalue weighted by Crippen LogP contribution is -2.49. The molecule has 0 bridgehead atoms. The van der Waals surface area contributed by atoms with Gasteiger partial charge in [0, 0.05) is 31.1 Å². The predicted octanol–water partition coefficient (Wildman–Crippen LogP) is 4.13. The highest BCUT2D eigenvalue weighted by Gasteiger charge is 2.31. The number of benzene rings is 1. The maximum atomic E-state index is 13.0. The Labute approximate surface area is 177 Å². The summed E-state index contributed by atoms with van der Waals surface area (Å²) in [6, 6.07) is 4.66. The molecule has 1 aliphatic heterocycles. The second kappa shape index (κ2) is 7.42. The summed E-state index contributed by atoms with van der Waals surface area (Å²) in [5, 5.41) is 1.35. The Bertz CT molecular complexity index is 1160. The van der Waals surface area contributed by atoms with Crippen LogP contribution in [0, 0.1) is 13.8 Å². The fraction of sp³-hybridized carbons (Fsp3) is 0.333. The Morgan fingerprint density at radius 3 is 2.50 bits per heavy atom. The van der Waals surface area contributed by atoms with Crippen molar-refractivity contribution in [2.24, 2.45) is 0 Å². The molecule has 3 heterocycles. The first kappa shape index (κ1) is 19.8. The molecule has 6 nitrogen and oxygen atoms in total. The fourth-order valence-electron chi connectivity index (χ4n) is 3.37. The summed E-state index contributed by atoms with van der Waals surface area (Å²) in [5.74, 6) is 0.865. The van der Waals surface area contributed by atoms with Gasteiger partial charge in [0.05, 0.1) is 15.4 Å². The molecule has 1 aromatic carbocycles. The van der Waals surface area contributed by atoms with Crippen LogP contribution in [-0.2, 0) is 10.0 Å². The van der Waals surface area contributed by atoms with E-state index < -0.39 is 10.0 Å². The molecule has 4 rings (SSSR count). The van der Waals surface area contributed by atoms with Crippen LogP contribution >= 0.6 is 34.5 Å². The Morgan fingerprint density at radius 1 is 1.07 bits per heavy atom. The summed E-state index contributed by atoms with van der Waals surface area (Å²) in [4.78, 5) is 13.2. The van der Waals surface area contributed by atoms with Crippen molar-refractivity contribution in [1.29, 1.82) is 0 Å². The third kappa shape index (κ3) is 3.27. The molecule has 0 atom stereocenters. The molecule has 2 aromatic heterocycles. The summed E-state index contributed by atoms with van der Waals surface area (Å²) in [6.07, 6.45) is 1.57. The molecule has 148 valence electrons. The van der Waals surface area contributed by atoms with E-state index in [-0.39, 0.29) is 14.9 Å². The average Bonchev–Trinajstić information content (AvgIpc) is 2.98. The number of piperazine rings is 1. The van der Waals surface area contributed by atoms with Crippen molar-refractivity contribution in [3.8, 4) is 0 Å². The first-order chi connectivity index (χ1) is 13.3. The summed E-state index contributed by atoms with van der Waals surface area (Å²) in [6.45, 7) is 5.92. The van der Waals surface area contributed by atoms with Gasteiger partial charge in [-0.2, -0.15) is 4.31 Å². The monoisotopic (exact) mass is 456 g/mol. The molecular formula is C18H18Cl2N4O2S2. The summed E-state index contributed by atoms with van der Waals surface area (Å²) < 4.78 is 27.5. The second-order valence-electron chi connectivity index (χ2n) is 6.60. The normalized spacial score (nSPS) is 16.1. The van der Waals surface area contributed by atoms with Gasteiger partial charge >= 0.3 is 0 Å². The van der Waals surface area contributed by atoms with Gasteiger partial charge in [-0.15, -0.1) is 11.3 Å². The van der Waals surface area contributed by atoms with Crippen molar-refractivity contribution < 1.29 is 8.42 Å². The fourth-order valence-corrected chi connectivity index (χ4v) is 6.52. The highest BCUT2D eigenvalue weighted by molar-refractivity contribution is 7.89. The van der Waals surface area contributed by atoms with Crippen molar-refractivity contribution in [2.45, 2.75) is 18.7 Å². The number of thiophene rings is 1. The van der Waals surface area contributed by atoms with Crippen LogP contribution in [0.25, 0.3) is 10.2 Å². The Kier molecular flexibility index (Phi) is 5.26. The van der Waals surface area contributed by atoms with E-state index in [1.165, 1.54) is 20.8 Å². The number of hydrogen-bond donors (Lipinski definition) is 0. The molecule has 3 aromatic rings. The molecule has 10 heteroatoms. The molecule has 0 amide bonds. The topological polar surface area (TPSA) is 66.4 Å². The smallest absolute Gasteiger partial charge is 0.244 e. The molecule has 0 unspecified atom stereocenters. The standard InChI is InChI=1S/C18H18Cl2N4O2S2/c1-11-12(2)27-18-15(11)17(21-10-22-18)23-6-8-24(9-7-23)28(25,26)14-5-3-4-13(19)16(14)20/h3-5,10H,6-9H2,1-2H3. The van der Waals surface area contributed by atoms with E-state index in [0.29, 0.717) is 26.2 Å². The van der Waals surface area contributed by atoms with Crippen molar-refractivity contribution >= 4 is 60.6 Å². The summed E-state index contributed by atoms with van der Waals surface area (Å²) >= 11 is 13.8. The highest BCUT2D eigenvalue weighted by atomic mass is 35.5. The van der Waals surface area contributed by atoms with Gasteiger partial charge in [-0.25, -0.2) is 18.4 Å². The molecule has 28 heavy (non-hydrogen) atoms. The second-order valence-corrected chi connectivity index (χ2v) is 10.5. The molecule has 1 saturated heterocycles. The van der Waals surface area contributed by atoms with Crippen molar-refractivity contribution in [2.75, 3.05) is 31.1 Å². The number of halogens is 2. The van der Waals surface area contributed by atoms with Crippen LogP contribution in [-0.4, -0.2) is 48.9 Å². The van der Waals surface area contributed by atoms with Crippen molar-refractivity contribution in [3.05, 3.63) is 45.0 Å². The Hall–Kier alpha value is -1.45. The number of aryl methyl sites for hydroxylation is 2. The number of aromatic nitrogens is 2. The first-order valence-corrected chi connectivity index (χ1v) is 11.7. The minimum absolute atomic E-state index is 0.0452. The van der Waals surface area contributed by atoms with Gasteiger partial charge < -0.3 is 4.90 Å². The van der Waals surface area contributed by atoms with Crippen LogP contribution in [0.4, 0.5) is 5.82 Å². The number of anilines is 1. The van der Waals surface area contributed by atoms with E-state index in [9.17, 15) is 8.42 Å². The number of hydrogen-bond acceptors (Lipinski definition) is 6. The summed E-state index contributed by atoms with van der Waals surface area (Å²) in [5.41, 5.74) is 1.18. The third-order valence-electron chi connectivity index (χ3n) is 5.02. The molecule has 0 saturated carbocycles. The first-order valence-electron chi connectivity index (χ1n) is 8.70. The van der Waals surface area contributed by atoms with E-state index in [4.69, 9.17) is 23.2 Å². The zero-order chi connectivity index (χ0) is 20.1. The molecular weight excluding hydrogens is 439 g/mol. The van der Waals surface area contributed by atoms with Crippen LogP contribution in [0.2, 0.25) is 10.0 Å². The minimum Gasteiger partial charge on any atom is -0.353 e. The van der Waals surface area contributed by atoms with E-state index in [1.54, 1.807) is 29.8 Å². The van der Waals surface area contributed by atoms with Gasteiger partial charge in [0.1, 0.15) is 21.9 Å². The zero-order valence-electron chi connectivity index (χ0n) is 15.3.